The molecular weight excluding hydrogens is 917 g/mol. The second-order valence-corrected chi connectivity index (χ2v) is 18.1. The zero-order valence-corrected chi connectivity index (χ0v) is 41.7. The van der Waals surface area contributed by atoms with Gasteiger partial charge < -0.3 is 25.2 Å². The number of carbonyl (C=O) groups excluding carboxylic acids is 2. The number of hydrogen-bond acceptors (Lipinski definition) is 12. The van der Waals surface area contributed by atoms with Gasteiger partial charge in [0.2, 0.25) is 0 Å². The van der Waals surface area contributed by atoms with Gasteiger partial charge in [-0.05, 0) is 127 Å². The van der Waals surface area contributed by atoms with Crippen LogP contribution in [0.3, 0.4) is 0 Å². The molecule has 10 rings (SSSR count). The van der Waals surface area contributed by atoms with Crippen molar-refractivity contribution in [3.63, 3.8) is 0 Å². The van der Waals surface area contributed by atoms with Crippen LogP contribution in [-0.4, -0.2) is 109 Å². The Morgan fingerprint density at radius 2 is 1.22 bits per heavy atom. The zero-order valence-electron chi connectivity index (χ0n) is 41.7. The van der Waals surface area contributed by atoms with Crippen LogP contribution in [-0.2, 0) is 67.4 Å². The second-order valence-electron chi connectivity index (χ2n) is 18.1. The summed E-state index contributed by atoms with van der Waals surface area (Å²) in [5, 5.41) is 46.6. The highest BCUT2D eigenvalue weighted by Gasteiger charge is 2.28. The third-order valence-corrected chi connectivity index (χ3v) is 13.6. The second kappa shape index (κ2) is 21.9. The van der Waals surface area contributed by atoms with E-state index in [-0.39, 0.29) is 35.8 Å². The number of aliphatic carboxylic acids is 1. The van der Waals surface area contributed by atoms with Gasteiger partial charge in [-0.1, -0.05) is 59.0 Å². The molecule has 19 nitrogen and oxygen atoms in total. The highest BCUT2D eigenvalue weighted by atomic mass is 16.5. The number of carboxylic acid groups (broad SMARTS) is 2. The maximum absolute atomic E-state index is 13.0. The Morgan fingerprint density at radius 1 is 0.681 bits per heavy atom. The Morgan fingerprint density at radius 3 is 1.72 bits per heavy atom. The largest absolute Gasteiger partial charge is 0.481 e. The van der Waals surface area contributed by atoms with E-state index in [0.29, 0.717) is 31.7 Å². The summed E-state index contributed by atoms with van der Waals surface area (Å²) < 4.78 is 11.8. The summed E-state index contributed by atoms with van der Waals surface area (Å²) in [6.45, 7) is 12.6. The number of esters is 1. The summed E-state index contributed by atoms with van der Waals surface area (Å²) in [5.41, 5.74) is 15.2. The summed E-state index contributed by atoms with van der Waals surface area (Å²) in [7, 11) is 4.91. The zero-order chi connectivity index (χ0) is 51.2. The van der Waals surface area contributed by atoms with Gasteiger partial charge in [-0.15, -0.1) is 10.2 Å². The molecule has 19 heteroatoms. The fourth-order valence-corrected chi connectivity index (χ4v) is 9.73. The molecule has 0 bridgehead atoms. The number of carbonyl (C=O) groups is 4. The Balaban J connectivity index is 0.000000167. The van der Waals surface area contributed by atoms with Crippen molar-refractivity contribution in [3.8, 4) is 0 Å². The minimum atomic E-state index is -0.990. The molecule has 4 aromatic heterocycles. The van der Waals surface area contributed by atoms with E-state index in [1.807, 2.05) is 41.4 Å². The average Bonchev–Trinajstić information content (AvgIpc) is 4.22. The summed E-state index contributed by atoms with van der Waals surface area (Å²) in [6, 6.07) is 24.1. The molecule has 0 fully saturated rings. The lowest BCUT2D eigenvalue weighted by molar-refractivity contribution is -0.141. The van der Waals surface area contributed by atoms with Crippen LogP contribution in [0.4, 0.5) is 0 Å². The lowest BCUT2D eigenvalue weighted by atomic mass is 9.83. The van der Waals surface area contributed by atoms with Crippen molar-refractivity contribution in [2.24, 2.45) is 14.1 Å². The van der Waals surface area contributed by atoms with Crippen LogP contribution in [0, 0.1) is 13.8 Å². The third kappa shape index (κ3) is 10.8. The van der Waals surface area contributed by atoms with Crippen LogP contribution < -0.4 is 5.32 Å². The van der Waals surface area contributed by atoms with Crippen molar-refractivity contribution in [1.29, 1.82) is 0 Å². The first-order valence-electron chi connectivity index (χ1n) is 24.1. The maximum Gasteiger partial charge on any atom is 0.356 e. The van der Waals surface area contributed by atoms with Crippen molar-refractivity contribution in [1.82, 2.24) is 59.8 Å². The van der Waals surface area contributed by atoms with E-state index < -0.39 is 11.9 Å². The minimum Gasteiger partial charge on any atom is -0.481 e. The third-order valence-electron chi connectivity index (χ3n) is 13.6. The molecule has 0 saturated heterocycles. The summed E-state index contributed by atoms with van der Waals surface area (Å²) in [4.78, 5) is 49.0. The molecule has 1 amide bonds. The molecule has 0 aliphatic carbocycles. The summed E-state index contributed by atoms with van der Waals surface area (Å²) >= 11 is 0. The van der Waals surface area contributed by atoms with E-state index in [4.69, 9.17) is 9.84 Å². The van der Waals surface area contributed by atoms with Crippen LogP contribution in [0.25, 0.3) is 22.1 Å². The van der Waals surface area contributed by atoms with E-state index in [1.165, 1.54) is 34.5 Å². The minimum absolute atomic E-state index is 0.0381. The van der Waals surface area contributed by atoms with Crippen LogP contribution >= 0.6 is 0 Å². The van der Waals surface area contributed by atoms with E-state index >= 15 is 0 Å². The Kier molecular flexibility index (Phi) is 15.3. The first-order chi connectivity index (χ1) is 34.7. The molecule has 2 unspecified atom stereocenters. The molecule has 2 aliphatic rings. The molecule has 72 heavy (non-hydrogen) atoms. The number of aromatic carboxylic acids is 1. The number of hydrogen-bond donors (Lipinski definition) is 3. The number of fused-ring (bicyclic) bond motifs is 4. The van der Waals surface area contributed by atoms with E-state index in [0.717, 1.165) is 93.5 Å². The number of ether oxygens (including phenoxy) is 1. The van der Waals surface area contributed by atoms with E-state index in [2.05, 4.69) is 92.5 Å². The molecule has 0 spiro atoms. The maximum atomic E-state index is 13.0. The topological polar surface area (TPSA) is 230 Å². The van der Waals surface area contributed by atoms with Gasteiger partial charge in [-0.3, -0.25) is 23.7 Å². The normalized spacial score (nSPS) is 13.8. The fourth-order valence-electron chi connectivity index (χ4n) is 9.73. The van der Waals surface area contributed by atoms with Gasteiger partial charge in [0.15, 0.2) is 5.69 Å². The highest BCUT2D eigenvalue weighted by Crippen LogP contribution is 2.37. The molecule has 4 aromatic carbocycles. The number of aryl methyl sites for hydroxylation is 6. The number of methoxy groups -OCH3 is 1. The van der Waals surface area contributed by atoms with Gasteiger partial charge in [0.05, 0.1) is 31.0 Å². The molecule has 8 aromatic rings. The molecular formula is C53H60N12O7. The predicted molar refractivity (Wildman–Crippen MR) is 269 cm³/mol. The summed E-state index contributed by atoms with van der Waals surface area (Å²) in [6.07, 6.45) is 5.41. The predicted octanol–water partition coefficient (Wildman–Crippen LogP) is 6.52. The Hall–Kier alpha value is -8.06. The van der Waals surface area contributed by atoms with Crippen LogP contribution in [0.5, 0.6) is 0 Å². The molecule has 0 saturated carbocycles. The number of nitrogens with one attached hydrogen (secondary N) is 1. The highest BCUT2D eigenvalue weighted by molar-refractivity contribution is 5.92. The smallest absolute Gasteiger partial charge is 0.356 e. The first kappa shape index (κ1) is 50.3. The number of amides is 1. The van der Waals surface area contributed by atoms with Gasteiger partial charge in [-0.2, -0.15) is 10.2 Å². The number of rotatable bonds is 12. The molecule has 6 heterocycles. The number of aromatic nitrogens is 10. The lowest BCUT2D eigenvalue weighted by Gasteiger charge is -2.29. The SMILES string of the molecule is CCn1nnc2c(C)c(C(CC(=O)O)c3ccc4c(c3)CN(C(=O)c3ccn(C)n3)CC4)ccc21.CCn1nnc2c(C)c(C(CC(=O)OC)c3ccc4c(c3)CNCC4)ccc21.Cn1ccc(C(=O)O)n1. The fraction of sp³-hybridized carbons (Fsp3) is 0.358. The standard InChI is InChI=1S/C26H28N6O3.C22H26N4O2.C5H6N2O2/c1-4-32-23-8-7-20(16(2)25(23)27-29-32)21(14-24(33)34)18-6-5-17-9-12-31(15-19(17)13-18)26(35)22-10-11-30(3)28-22;1-4-26-20-8-7-18(14(2)22(20)24-25-26)19(12-21(27)28-3)16-6-5-15-9-10-23-13-17(15)11-16;1-7-3-2-4(6-7)5(8)9/h5-8,10-11,13,21H,4,9,12,14-15H2,1-3H3,(H,33,34);5-8,11,19,23H,4,9-10,12-13H2,1-3H3;2-3H,1H3,(H,8,9). The Bertz CT molecular complexity index is 3290. The lowest BCUT2D eigenvalue weighted by Crippen LogP contribution is -2.36. The van der Waals surface area contributed by atoms with Crippen molar-refractivity contribution in [3.05, 3.63) is 152 Å². The molecule has 2 aliphatic heterocycles. The quantitative estimate of drug-likeness (QED) is 0.111. The van der Waals surface area contributed by atoms with Crippen molar-refractivity contribution in [2.75, 3.05) is 20.2 Å². The van der Waals surface area contributed by atoms with Crippen LogP contribution in [0.1, 0.15) is 115 Å². The molecule has 2 atom stereocenters. The van der Waals surface area contributed by atoms with Crippen molar-refractivity contribution < 1.29 is 34.1 Å². The number of benzene rings is 4. The molecule has 374 valence electrons. The van der Waals surface area contributed by atoms with Crippen molar-refractivity contribution in [2.45, 2.75) is 91.4 Å². The Labute approximate surface area is 416 Å². The first-order valence-corrected chi connectivity index (χ1v) is 24.1. The van der Waals surface area contributed by atoms with Crippen LogP contribution in [0.15, 0.2) is 85.2 Å². The monoisotopic (exact) mass is 976 g/mol. The van der Waals surface area contributed by atoms with E-state index in [9.17, 15) is 24.3 Å². The number of nitrogens with zero attached hydrogens (tertiary/aromatic N) is 11. The average molecular weight is 977 g/mol. The van der Waals surface area contributed by atoms with Gasteiger partial charge in [0, 0.05) is 71.0 Å². The summed E-state index contributed by atoms with van der Waals surface area (Å²) in [5.74, 6) is -2.57. The molecule has 3 N–H and O–H groups in total. The van der Waals surface area contributed by atoms with Gasteiger partial charge in [0.1, 0.15) is 16.7 Å². The number of carboxylic acids is 2. The van der Waals surface area contributed by atoms with Crippen molar-refractivity contribution >= 4 is 45.9 Å². The van der Waals surface area contributed by atoms with E-state index in [1.54, 1.807) is 42.1 Å². The van der Waals surface area contributed by atoms with Gasteiger partial charge in [-0.25, -0.2) is 14.2 Å². The van der Waals surface area contributed by atoms with Gasteiger partial charge >= 0.3 is 17.9 Å². The van der Waals surface area contributed by atoms with Crippen LogP contribution in [0.2, 0.25) is 0 Å². The van der Waals surface area contributed by atoms with Gasteiger partial charge in [0.25, 0.3) is 5.91 Å². The molecule has 0 radical (unpaired) electrons.